The van der Waals surface area contributed by atoms with Gasteiger partial charge in [-0.15, -0.1) is 24.0 Å². The Morgan fingerprint density at radius 1 is 1.21 bits per heavy atom. The van der Waals surface area contributed by atoms with Gasteiger partial charge in [0.2, 0.25) is 0 Å². The molecule has 138 valence electrons. The van der Waals surface area contributed by atoms with Crippen LogP contribution in [0.5, 0.6) is 0 Å². The van der Waals surface area contributed by atoms with Gasteiger partial charge in [0.05, 0.1) is 16.2 Å². The number of hydrogen-bond donors (Lipinski definition) is 2. The van der Waals surface area contributed by atoms with Crippen LogP contribution in [0.1, 0.15) is 20.3 Å². The number of benzene rings is 1. The van der Waals surface area contributed by atoms with E-state index in [1.54, 1.807) is 44.5 Å². The minimum atomic E-state index is -3.22. The van der Waals surface area contributed by atoms with E-state index >= 15 is 0 Å². The Morgan fingerprint density at radius 3 is 2.38 bits per heavy atom. The van der Waals surface area contributed by atoms with Crippen molar-refractivity contribution in [1.29, 1.82) is 0 Å². The lowest BCUT2D eigenvalue weighted by atomic mass is 10.1. The zero-order valence-corrected chi connectivity index (χ0v) is 17.9. The molecule has 2 N–H and O–H groups in total. The lowest BCUT2D eigenvalue weighted by Crippen LogP contribution is -2.45. The molecule has 0 saturated heterocycles. The Hall–Kier alpha value is -0.870. The molecule has 0 unspecified atom stereocenters. The second-order valence-corrected chi connectivity index (χ2v) is 7.91. The van der Waals surface area contributed by atoms with Crippen molar-refractivity contribution in [2.75, 3.05) is 33.0 Å². The van der Waals surface area contributed by atoms with E-state index in [-0.39, 0.29) is 35.3 Å². The molecule has 1 aromatic rings. The monoisotopic (exact) mass is 469 g/mol. The minimum absolute atomic E-state index is 0. The van der Waals surface area contributed by atoms with E-state index in [4.69, 9.17) is 4.74 Å². The largest absolute Gasteiger partial charge is 0.377 e. The fourth-order valence-corrected chi connectivity index (χ4v) is 3.14. The standard InChI is InChI=1S/C16H27N3O3S.HI/c1-16(2,22-4)13-19-15(17-3)18-11-8-12-23(20,21)14-9-6-5-7-10-14;/h5-7,9-10H,8,11-13H2,1-4H3,(H2,17,18,19);1H. The minimum Gasteiger partial charge on any atom is -0.377 e. The third kappa shape index (κ3) is 8.29. The second kappa shape index (κ2) is 10.9. The predicted octanol–water partition coefficient (Wildman–Crippen LogP) is 2.06. The third-order valence-electron chi connectivity index (χ3n) is 3.44. The summed E-state index contributed by atoms with van der Waals surface area (Å²) in [5.74, 6) is 0.733. The van der Waals surface area contributed by atoms with E-state index in [0.717, 1.165) is 0 Å². The molecule has 1 rings (SSSR count). The van der Waals surface area contributed by atoms with Gasteiger partial charge in [0.25, 0.3) is 0 Å². The Morgan fingerprint density at radius 2 is 1.83 bits per heavy atom. The van der Waals surface area contributed by atoms with Gasteiger partial charge in [-0.25, -0.2) is 8.42 Å². The first-order valence-corrected chi connectivity index (χ1v) is 9.23. The van der Waals surface area contributed by atoms with Gasteiger partial charge in [0.15, 0.2) is 15.8 Å². The summed E-state index contributed by atoms with van der Waals surface area (Å²) in [6.07, 6.45) is 0.506. The molecule has 0 amide bonds. The maximum atomic E-state index is 12.2. The molecule has 0 aromatic heterocycles. The summed E-state index contributed by atoms with van der Waals surface area (Å²) >= 11 is 0. The normalized spacial score (nSPS) is 12.4. The van der Waals surface area contributed by atoms with Crippen molar-refractivity contribution in [3.8, 4) is 0 Å². The van der Waals surface area contributed by atoms with Crippen molar-refractivity contribution in [1.82, 2.24) is 10.6 Å². The highest BCUT2D eigenvalue weighted by Gasteiger charge is 2.17. The van der Waals surface area contributed by atoms with Crippen LogP contribution in [-0.2, 0) is 14.6 Å². The van der Waals surface area contributed by atoms with Crippen LogP contribution >= 0.6 is 24.0 Å². The van der Waals surface area contributed by atoms with Crippen molar-refractivity contribution in [3.63, 3.8) is 0 Å². The summed E-state index contributed by atoms with van der Waals surface area (Å²) in [6, 6.07) is 8.51. The van der Waals surface area contributed by atoms with Gasteiger partial charge >= 0.3 is 0 Å². The fraction of sp³-hybridized carbons (Fsp3) is 0.562. The molecule has 0 radical (unpaired) electrons. The number of nitrogens with zero attached hydrogens (tertiary/aromatic N) is 1. The van der Waals surface area contributed by atoms with Gasteiger partial charge in [0.1, 0.15) is 0 Å². The van der Waals surface area contributed by atoms with E-state index in [2.05, 4.69) is 15.6 Å². The van der Waals surface area contributed by atoms with E-state index < -0.39 is 9.84 Å². The molecule has 0 heterocycles. The lowest BCUT2D eigenvalue weighted by molar-refractivity contribution is 0.0268. The summed E-state index contributed by atoms with van der Waals surface area (Å²) in [5, 5.41) is 6.26. The van der Waals surface area contributed by atoms with Crippen molar-refractivity contribution < 1.29 is 13.2 Å². The number of nitrogens with one attached hydrogen (secondary N) is 2. The molecule has 0 spiro atoms. The molecule has 0 atom stereocenters. The highest BCUT2D eigenvalue weighted by atomic mass is 127. The van der Waals surface area contributed by atoms with Crippen molar-refractivity contribution in [3.05, 3.63) is 30.3 Å². The molecule has 0 saturated carbocycles. The summed E-state index contributed by atoms with van der Waals surface area (Å²) in [6.45, 7) is 5.07. The number of hydrogen-bond acceptors (Lipinski definition) is 4. The average molecular weight is 469 g/mol. The molecule has 24 heavy (non-hydrogen) atoms. The van der Waals surface area contributed by atoms with E-state index in [9.17, 15) is 8.42 Å². The first-order chi connectivity index (χ1) is 10.8. The number of halogens is 1. The van der Waals surface area contributed by atoms with Crippen molar-refractivity contribution in [2.45, 2.75) is 30.8 Å². The van der Waals surface area contributed by atoms with Gasteiger partial charge in [-0.05, 0) is 32.4 Å². The van der Waals surface area contributed by atoms with Crippen LogP contribution in [0.4, 0.5) is 0 Å². The van der Waals surface area contributed by atoms with Gasteiger partial charge in [-0.3, -0.25) is 4.99 Å². The topological polar surface area (TPSA) is 79.8 Å². The highest BCUT2D eigenvalue weighted by Crippen LogP contribution is 2.10. The Balaban J connectivity index is 0.00000529. The maximum Gasteiger partial charge on any atom is 0.191 e. The number of rotatable bonds is 8. The Kier molecular flexibility index (Phi) is 10.5. The Bertz CT molecular complexity index is 604. The van der Waals surface area contributed by atoms with Crippen LogP contribution < -0.4 is 10.6 Å². The summed E-state index contributed by atoms with van der Waals surface area (Å²) < 4.78 is 29.6. The molecule has 0 aliphatic heterocycles. The molecule has 6 nitrogen and oxygen atoms in total. The van der Waals surface area contributed by atoms with Gasteiger partial charge in [0, 0.05) is 27.2 Å². The van der Waals surface area contributed by atoms with E-state index in [1.807, 2.05) is 13.8 Å². The fourth-order valence-electron chi connectivity index (χ4n) is 1.80. The molecular formula is C16H28IN3O3S. The number of aliphatic imine (C=N–C) groups is 1. The number of guanidine groups is 1. The van der Waals surface area contributed by atoms with Gasteiger partial charge < -0.3 is 15.4 Å². The van der Waals surface area contributed by atoms with Crippen LogP contribution in [0.2, 0.25) is 0 Å². The van der Waals surface area contributed by atoms with Crippen molar-refractivity contribution >= 4 is 39.8 Å². The molecule has 1 aromatic carbocycles. The molecule has 0 aliphatic rings. The highest BCUT2D eigenvalue weighted by molar-refractivity contribution is 14.0. The van der Waals surface area contributed by atoms with Gasteiger partial charge in [-0.1, -0.05) is 18.2 Å². The zero-order valence-electron chi connectivity index (χ0n) is 14.7. The molecule has 8 heteroatoms. The number of methoxy groups -OCH3 is 1. The average Bonchev–Trinajstić information content (AvgIpc) is 2.55. The summed E-state index contributed by atoms with van der Waals surface area (Å²) in [5.41, 5.74) is -0.297. The van der Waals surface area contributed by atoms with E-state index in [0.29, 0.717) is 30.4 Å². The van der Waals surface area contributed by atoms with Crippen LogP contribution in [0.25, 0.3) is 0 Å². The quantitative estimate of drug-likeness (QED) is 0.264. The molecule has 0 bridgehead atoms. The first-order valence-electron chi connectivity index (χ1n) is 7.58. The van der Waals surface area contributed by atoms with Crippen LogP contribution in [0.3, 0.4) is 0 Å². The zero-order chi connectivity index (χ0) is 17.3. The van der Waals surface area contributed by atoms with Crippen LogP contribution in [0.15, 0.2) is 40.2 Å². The first kappa shape index (κ1) is 23.1. The number of ether oxygens (including phenoxy) is 1. The predicted molar refractivity (Wildman–Crippen MR) is 109 cm³/mol. The summed E-state index contributed by atoms with van der Waals surface area (Å²) in [7, 11) is 0.111. The third-order valence-corrected chi connectivity index (χ3v) is 5.26. The lowest BCUT2D eigenvalue weighted by Gasteiger charge is -2.24. The summed E-state index contributed by atoms with van der Waals surface area (Å²) in [4.78, 5) is 4.47. The Labute approximate surface area is 162 Å². The smallest absolute Gasteiger partial charge is 0.191 e. The van der Waals surface area contributed by atoms with Crippen LogP contribution in [0, 0.1) is 0 Å². The number of sulfone groups is 1. The molecule has 0 aliphatic carbocycles. The maximum absolute atomic E-state index is 12.2. The second-order valence-electron chi connectivity index (χ2n) is 5.80. The SMILES string of the molecule is CN=C(NCCCS(=O)(=O)c1ccccc1)NCC(C)(C)OC.I. The molecular weight excluding hydrogens is 441 g/mol. The van der Waals surface area contributed by atoms with Gasteiger partial charge in [-0.2, -0.15) is 0 Å². The van der Waals surface area contributed by atoms with E-state index in [1.165, 1.54) is 0 Å². The van der Waals surface area contributed by atoms with Crippen LogP contribution in [-0.4, -0.2) is 53.0 Å². The van der Waals surface area contributed by atoms with Crippen molar-refractivity contribution in [2.24, 2.45) is 4.99 Å². The molecule has 0 fully saturated rings.